The summed E-state index contributed by atoms with van der Waals surface area (Å²) in [5.74, 6) is -1.57. The molecule has 0 saturated carbocycles. The number of rotatable bonds is 8. The number of carbonyl (C=O) groups excluding carboxylic acids is 1. The van der Waals surface area contributed by atoms with Crippen LogP contribution in [0.15, 0.2) is 60.9 Å². The quantitative estimate of drug-likeness (QED) is 0.324. The Kier molecular flexibility index (Phi) is 7.93. The fraction of sp³-hybridized carbons (Fsp3) is 0.259. The van der Waals surface area contributed by atoms with Gasteiger partial charge in [-0.15, -0.1) is 0 Å². The molecule has 1 amide bonds. The monoisotopic (exact) mass is 520 g/mol. The molecular weight excluding hydrogens is 492 g/mol. The number of nitrogens with zero attached hydrogens (tertiary/aromatic N) is 4. The lowest BCUT2D eigenvalue weighted by atomic mass is 10.0. The number of hydrogen-bond donors (Lipinski definition) is 4. The molecule has 3 aromatic rings. The van der Waals surface area contributed by atoms with E-state index in [9.17, 15) is 15.0 Å². The van der Waals surface area contributed by atoms with E-state index in [2.05, 4.69) is 15.3 Å². The Hall–Kier alpha value is -4.11. The molecule has 1 fully saturated rings. The van der Waals surface area contributed by atoms with E-state index < -0.39 is 17.5 Å². The third-order valence-corrected chi connectivity index (χ3v) is 6.53. The van der Waals surface area contributed by atoms with E-state index in [1.165, 1.54) is 6.08 Å². The molecule has 10 heteroatoms. The average molecular weight is 521 g/mol. The summed E-state index contributed by atoms with van der Waals surface area (Å²) in [7, 11) is 1.69. The number of hydrogen-bond acceptors (Lipinski definition) is 8. The molecule has 37 heavy (non-hydrogen) atoms. The van der Waals surface area contributed by atoms with Crippen molar-refractivity contribution in [3.05, 3.63) is 82.9 Å². The maximum absolute atomic E-state index is 13.6. The number of nitrogens with one attached hydrogen (secondary N) is 2. The number of amides is 1. The second kappa shape index (κ2) is 11.3. The number of allylic oxidation sites excluding steroid dienone is 1. The van der Waals surface area contributed by atoms with Crippen LogP contribution >= 0.6 is 11.6 Å². The Balaban J connectivity index is 1.76. The fourth-order valence-corrected chi connectivity index (χ4v) is 4.60. The Morgan fingerprint density at radius 2 is 2.03 bits per heavy atom. The third kappa shape index (κ3) is 5.36. The van der Waals surface area contributed by atoms with Crippen molar-refractivity contribution in [3.63, 3.8) is 0 Å². The smallest absolute Gasteiger partial charge is 0.263 e. The van der Waals surface area contributed by atoms with Crippen LogP contribution in [0.25, 0.3) is 0 Å². The van der Waals surface area contributed by atoms with Crippen LogP contribution in [0.1, 0.15) is 41.0 Å². The van der Waals surface area contributed by atoms with Gasteiger partial charge >= 0.3 is 0 Å². The number of pyridine rings is 2. The highest BCUT2D eigenvalue weighted by molar-refractivity contribution is 6.30. The molecule has 1 aliphatic heterocycles. The molecular formula is C27H29ClN6O3. The zero-order chi connectivity index (χ0) is 26.5. The molecule has 1 unspecified atom stereocenters. The second-order valence-corrected chi connectivity index (χ2v) is 9.05. The summed E-state index contributed by atoms with van der Waals surface area (Å²) >= 11 is 5.96. The number of aromatic nitrogens is 2. The first-order valence-corrected chi connectivity index (χ1v) is 12.3. The summed E-state index contributed by atoms with van der Waals surface area (Å²) in [4.78, 5) is 25.6. The molecule has 0 bridgehead atoms. The summed E-state index contributed by atoms with van der Waals surface area (Å²) < 4.78 is 0. The van der Waals surface area contributed by atoms with E-state index in [1.54, 1.807) is 35.3 Å². The number of benzene rings is 1. The van der Waals surface area contributed by atoms with Gasteiger partial charge in [-0.05, 0) is 49.9 Å². The molecule has 1 atom stereocenters. The van der Waals surface area contributed by atoms with Crippen LogP contribution in [0.5, 0.6) is 11.6 Å². The van der Waals surface area contributed by atoms with Crippen LogP contribution < -0.4 is 10.2 Å². The zero-order valence-electron chi connectivity index (χ0n) is 20.6. The van der Waals surface area contributed by atoms with Crippen molar-refractivity contribution in [2.75, 3.05) is 31.6 Å². The van der Waals surface area contributed by atoms with Crippen LogP contribution in [-0.2, 0) is 0 Å². The molecule has 3 heterocycles. The van der Waals surface area contributed by atoms with Crippen molar-refractivity contribution in [3.8, 4) is 11.6 Å². The number of anilines is 2. The number of para-hydroxylation sites is 1. The topological polar surface area (TPSA) is 126 Å². The molecule has 4 N–H and O–H groups in total. The minimum Gasteiger partial charge on any atom is -0.505 e. The lowest BCUT2D eigenvalue weighted by Crippen LogP contribution is -2.30. The fourth-order valence-electron chi connectivity index (χ4n) is 4.49. The lowest BCUT2D eigenvalue weighted by molar-refractivity contribution is 0.0783. The van der Waals surface area contributed by atoms with Gasteiger partial charge in [0.15, 0.2) is 5.75 Å². The number of halogens is 1. The molecule has 1 aromatic carbocycles. The molecule has 0 radical (unpaired) electrons. The van der Waals surface area contributed by atoms with Crippen molar-refractivity contribution in [1.82, 2.24) is 20.2 Å². The molecule has 1 saturated heterocycles. The van der Waals surface area contributed by atoms with Crippen molar-refractivity contribution < 1.29 is 15.0 Å². The Morgan fingerprint density at radius 1 is 1.27 bits per heavy atom. The van der Waals surface area contributed by atoms with Crippen molar-refractivity contribution in [2.24, 2.45) is 0 Å². The molecule has 0 aliphatic carbocycles. The maximum atomic E-state index is 13.6. The Labute approximate surface area is 220 Å². The first-order chi connectivity index (χ1) is 17.8. The number of aromatic hydroxyl groups is 2. The van der Waals surface area contributed by atoms with E-state index in [0.717, 1.165) is 11.4 Å². The molecule has 192 valence electrons. The maximum Gasteiger partial charge on any atom is 0.263 e. The zero-order valence-corrected chi connectivity index (χ0v) is 21.4. The normalized spacial score (nSPS) is 15.2. The standard InChI is InChI=1S/C27H29ClN6O3/c1-3-34(19-7-5-4-6-8-19)24-23(20(29)11-13-30-2)32-26(36)22(25(24)35)27(37)33-14-12-17(16-33)21-10-9-18(28)15-31-21/h4-11,13,15,17,29-30H,3,12,14,16H2,1-2H3,(H2,32,35,36)/b13-11-,29-20?. The average Bonchev–Trinajstić information content (AvgIpc) is 3.40. The highest BCUT2D eigenvalue weighted by atomic mass is 35.5. The minimum atomic E-state index is -0.624. The molecule has 4 rings (SSSR count). The lowest BCUT2D eigenvalue weighted by Gasteiger charge is -2.28. The summed E-state index contributed by atoms with van der Waals surface area (Å²) in [5, 5.41) is 34.2. The van der Waals surface area contributed by atoms with E-state index in [1.807, 2.05) is 43.3 Å². The van der Waals surface area contributed by atoms with Crippen molar-refractivity contribution >= 4 is 34.6 Å². The summed E-state index contributed by atoms with van der Waals surface area (Å²) in [5.41, 5.74) is 1.46. The minimum absolute atomic E-state index is 0.00789. The van der Waals surface area contributed by atoms with Gasteiger partial charge in [0.2, 0.25) is 5.88 Å². The molecule has 9 nitrogen and oxygen atoms in total. The van der Waals surface area contributed by atoms with Crippen molar-refractivity contribution in [1.29, 1.82) is 5.41 Å². The highest BCUT2D eigenvalue weighted by Crippen LogP contribution is 2.42. The predicted molar refractivity (Wildman–Crippen MR) is 144 cm³/mol. The van der Waals surface area contributed by atoms with E-state index in [0.29, 0.717) is 31.1 Å². The highest BCUT2D eigenvalue weighted by Gasteiger charge is 2.35. The SMILES string of the molecule is CCN(c1ccccc1)c1c(C(=N)/C=C\NC)nc(O)c(C(=O)N2CCC(c3ccc(Cl)cn3)C2)c1O. The summed E-state index contributed by atoms with van der Waals surface area (Å²) in [6.45, 7) is 3.12. The number of likely N-dealkylation sites (tertiary alicyclic amines) is 1. The van der Waals surface area contributed by atoms with Crippen molar-refractivity contribution in [2.45, 2.75) is 19.3 Å². The summed E-state index contributed by atoms with van der Waals surface area (Å²) in [6.07, 6.45) is 5.28. The predicted octanol–water partition coefficient (Wildman–Crippen LogP) is 4.43. The number of carbonyl (C=O) groups is 1. The first kappa shape index (κ1) is 26.0. The van der Waals surface area contributed by atoms with Crippen LogP contribution in [-0.4, -0.2) is 63.4 Å². The third-order valence-electron chi connectivity index (χ3n) is 6.31. The van der Waals surface area contributed by atoms with Gasteiger partial charge in [0.1, 0.15) is 16.9 Å². The Bertz CT molecular complexity index is 1310. The van der Waals surface area contributed by atoms with Crippen LogP contribution in [0.2, 0.25) is 5.02 Å². The van der Waals surface area contributed by atoms with Crippen LogP contribution in [0.3, 0.4) is 0 Å². The van der Waals surface area contributed by atoms with Gasteiger partial charge in [-0.25, -0.2) is 4.98 Å². The molecule has 2 aromatic heterocycles. The van der Waals surface area contributed by atoms with Gasteiger partial charge in [-0.3, -0.25) is 15.2 Å². The largest absolute Gasteiger partial charge is 0.505 e. The first-order valence-electron chi connectivity index (χ1n) is 12.0. The molecule has 1 aliphatic rings. The van der Waals surface area contributed by atoms with Gasteiger partial charge in [0.25, 0.3) is 5.91 Å². The summed E-state index contributed by atoms with van der Waals surface area (Å²) in [6, 6.07) is 12.9. The van der Waals surface area contributed by atoms with E-state index in [4.69, 9.17) is 17.0 Å². The van der Waals surface area contributed by atoms with Crippen LogP contribution in [0.4, 0.5) is 11.4 Å². The van der Waals surface area contributed by atoms with E-state index >= 15 is 0 Å². The second-order valence-electron chi connectivity index (χ2n) is 8.61. The van der Waals surface area contributed by atoms with Gasteiger partial charge in [0, 0.05) is 50.2 Å². The van der Waals surface area contributed by atoms with Gasteiger partial charge in [-0.1, -0.05) is 29.8 Å². The molecule has 0 spiro atoms. The van der Waals surface area contributed by atoms with Gasteiger partial charge in [-0.2, -0.15) is 0 Å². The van der Waals surface area contributed by atoms with Crippen LogP contribution in [0, 0.1) is 5.41 Å². The van der Waals surface area contributed by atoms with Gasteiger partial charge < -0.3 is 25.3 Å². The van der Waals surface area contributed by atoms with Gasteiger partial charge in [0.05, 0.1) is 10.7 Å². The van der Waals surface area contributed by atoms with E-state index in [-0.39, 0.29) is 28.6 Å². The Morgan fingerprint density at radius 3 is 2.68 bits per heavy atom.